The van der Waals surface area contributed by atoms with Crippen LogP contribution in [0, 0.1) is 11.6 Å². The van der Waals surface area contributed by atoms with Crippen molar-refractivity contribution in [1.29, 1.82) is 0 Å². The second-order valence-corrected chi connectivity index (χ2v) is 9.85. The zero-order chi connectivity index (χ0) is 24.6. The fourth-order valence-electron chi connectivity index (χ4n) is 4.41. The van der Waals surface area contributed by atoms with Gasteiger partial charge >= 0.3 is 0 Å². The number of piperazine rings is 1. The number of sulfonamides is 1. The average molecular weight is 497 g/mol. The van der Waals surface area contributed by atoms with E-state index in [-0.39, 0.29) is 38.5 Å². The van der Waals surface area contributed by atoms with Gasteiger partial charge in [0.2, 0.25) is 15.9 Å². The Bertz CT molecular complexity index is 1210. The van der Waals surface area contributed by atoms with Crippen LogP contribution >= 0.6 is 0 Å². The average Bonchev–Trinajstić information content (AvgIpc) is 3.12. The maximum Gasteiger partial charge on any atom is 0.292 e. The van der Waals surface area contributed by atoms with Gasteiger partial charge in [0.1, 0.15) is 11.6 Å². The van der Waals surface area contributed by atoms with E-state index < -0.39 is 38.5 Å². The van der Waals surface area contributed by atoms with Gasteiger partial charge in [0.05, 0.1) is 52.5 Å². The number of halogens is 2. The summed E-state index contributed by atoms with van der Waals surface area (Å²) in [5, 5.41) is 0. The van der Waals surface area contributed by atoms with Crippen LogP contribution in [-0.4, -0.2) is 71.0 Å². The number of carbonyl (C=O) groups excluding carboxylic acids is 2. The fourth-order valence-corrected chi connectivity index (χ4v) is 5.96. The van der Waals surface area contributed by atoms with Crippen LogP contribution in [0.2, 0.25) is 0 Å². The molecule has 2 fully saturated rings. The topological polar surface area (TPSA) is 97.7 Å². The molecule has 0 bridgehead atoms. The second kappa shape index (κ2) is 9.28. The first-order valence-corrected chi connectivity index (χ1v) is 12.0. The molecule has 0 unspecified atom stereocenters. The van der Waals surface area contributed by atoms with E-state index in [0.717, 1.165) is 32.3 Å². The number of hydrogen-bond acceptors (Lipinski definition) is 6. The molecule has 2 amide bonds. The molecule has 0 aromatic heterocycles. The number of amides is 2. The Labute approximate surface area is 195 Å². The number of benzene rings is 2. The van der Waals surface area contributed by atoms with E-state index in [4.69, 9.17) is 9.47 Å². The summed E-state index contributed by atoms with van der Waals surface area (Å²) >= 11 is 0. The summed E-state index contributed by atoms with van der Waals surface area (Å²) in [6, 6.07) is 6.92. The molecule has 182 valence electrons. The molecule has 2 aliphatic rings. The lowest BCUT2D eigenvalue weighted by molar-refractivity contribution is -0.918. The normalized spacial score (nSPS) is 20.1. The summed E-state index contributed by atoms with van der Waals surface area (Å²) in [6.45, 7) is 0.330. The molecule has 0 radical (unpaired) electrons. The summed E-state index contributed by atoms with van der Waals surface area (Å²) in [5.74, 6) is -2.26. The molecule has 4 rings (SSSR count). The molecule has 2 heterocycles. The lowest BCUT2D eigenvalue weighted by Crippen LogP contribution is -3.19. The minimum Gasteiger partial charge on any atom is -0.493 e. The summed E-state index contributed by atoms with van der Waals surface area (Å²) in [7, 11) is -1.46. The van der Waals surface area contributed by atoms with Gasteiger partial charge in [-0.3, -0.25) is 9.59 Å². The van der Waals surface area contributed by atoms with Crippen molar-refractivity contribution in [3.05, 3.63) is 48.0 Å². The fraction of sp³-hybridized carbons (Fsp3) is 0.364. The number of ether oxygens (including phenoxy) is 2. The van der Waals surface area contributed by atoms with E-state index in [1.54, 1.807) is 18.2 Å². The van der Waals surface area contributed by atoms with E-state index in [2.05, 4.69) is 0 Å². The molecular formula is C22H24F2N3O6S+. The molecule has 1 N–H and O–H groups in total. The van der Waals surface area contributed by atoms with Crippen molar-refractivity contribution in [2.75, 3.05) is 45.3 Å². The predicted octanol–water partition coefficient (Wildman–Crippen LogP) is 0.203. The standard InChI is InChI=1S/C22H23F2N3O6S/c1-32-18-7-6-14(12-19(18)33-2)27-20(28)13-17(22(27)29)25-8-10-26(11-9-25)34(30,31)21-15(23)4-3-5-16(21)24/h3-7,12,17H,8-11,13H2,1-2H3/p+1/t17-/m1/s1. The van der Waals surface area contributed by atoms with Crippen LogP contribution < -0.4 is 19.3 Å². The van der Waals surface area contributed by atoms with Gasteiger partial charge in [-0.2, -0.15) is 4.31 Å². The van der Waals surface area contributed by atoms with Crippen molar-refractivity contribution in [3.8, 4) is 11.5 Å². The molecule has 1 atom stereocenters. The van der Waals surface area contributed by atoms with Gasteiger partial charge in [0.15, 0.2) is 22.4 Å². The van der Waals surface area contributed by atoms with Crippen molar-refractivity contribution >= 4 is 27.5 Å². The third-order valence-corrected chi connectivity index (χ3v) is 8.10. The highest BCUT2D eigenvalue weighted by atomic mass is 32.2. The quantitative estimate of drug-likeness (QED) is 0.574. The molecule has 12 heteroatoms. The number of rotatable bonds is 6. The van der Waals surface area contributed by atoms with E-state index in [9.17, 15) is 26.8 Å². The van der Waals surface area contributed by atoms with Crippen molar-refractivity contribution in [2.24, 2.45) is 0 Å². The Kier molecular flexibility index (Phi) is 6.56. The summed E-state index contributed by atoms with van der Waals surface area (Å²) in [4.78, 5) is 26.7. The Morgan fingerprint density at radius 3 is 2.18 bits per heavy atom. The highest BCUT2D eigenvalue weighted by Crippen LogP contribution is 2.33. The number of anilines is 1. The van der Waals surface area contributed by atoms with E-state index in [1.807, 2.05) is 0 Å². The Balaban J connectivity index is 1.48. The van der Waals surface area contributed by atoms with Gasteiger partial charge in [-0.05, 0) is 24.3 Å². The van der Waals surface area contributed by atoms with Crippen LogP contribution in [-0.2, 0) is 19.6 Å². The largest absolute Gasteiger partial charge is 0.493 e. The number of quaternary nitrogens is 1. The zero-order valence-electron chi connectivity index (χ0n) is 18.6. The molecule has 2 aromatic rings. The molecule has 0 spiro atoms. The molecule has 2 aliphatic heterocycles. The van der Waals surface area contributed by atoms with Crippen LogP contribution in [0.3, 0.4) is 0 Å². The van der Waals surface area contributed by atoms with Gasteiger partial charge < -0.3 is 14.4 Å². The number of imide groups is 1. The van der Waals surface area contributed by atoms with Crippen LogP contribution in [0.5, 0.6) is 11.5 Å². The maximum absolute atomic E-state index is 14.1. The van der Waals surface area contributed by atoms with Crippen LogP contribution in [0.1, 0.15) is 6.42 Å². The Hall–Kier alpha value is -3.09. The number of nitrogens with zero attached hydrogens (tertiary/aromatic N) is 2. The summed E-state index contributed by atoms with van der Waals surface area (Å²) < 4.78 is 65.2. The predicted molar refractivity (Wildman–Crippen MR) is 116 cm³/mol. The van der Waals surface area contributed by atoms with Gasteiger partial charge in [0, 0.05) is 6.07 Å². The zero-order valence-corrected chi connectivity index (χ0v) is 19.4. The highest BCUT2D eigenvalue weighted by Gasteiger charge is 2.47. The number of carbonyl (C=O) groups is 2. The van der Waals surface area contributed by atoms with Crippen LogP contribution in [0.25, 0.3) is 0 Å². The third kappa shape index (κ3) is 4.12. The van der Waals surface area contributed by atoms with Crippen molar-refractivity contribution < 1.29 is 41.2 Å². The maximum atomic E-state index is 14.1. The minimum absolute atomic E-state index is 0.0306. The monoisotopic (exact) mass is 496 g/mol. The first-order valence-electron chi connectivity index (χ1n) is 10.6. The van der Waals surface area contributed by atoms with Gasteiger partial charge in [0.25, 0.3) is 5.91 Å². The number of methoxy groups -OCH3 is 2. The number of nitrogens with one attached hydrogen (secondary N) is 1. The van der Waals surface area contributed by atoms with Crippen molar-refractivity contribution in [3.63, 3.8) is 0 Å². The lowest BCUT2D eigenvalue weighted by atomic mass is 10.2. The Morgan fingerprint density at radius 1 is 0.971 bits per heavy atom. The molecule has 34 heavy (non-hydrogen) atoms. The first-order chi connectivity index (χ1) is 16.2. The van der Waals surface area contributed by atoms with Crippen molar-refractivity contribution in [1.82, 2.24) is 4.31 Å². The van der Waals surface area contributed by atoms with E-state index in [0.29, 0.717) is 17.2 Å². The molecule has 2 saturated heterocycles. The van der Waals surface area contributed by atoms with Gasteiger partial charge in [-0.1, -0.05) is 6.07 Å². The smallest absolute Gasteiger partial charge is 0.292 e. The third-order valence-electron chi connectivity index (χ3n) is 6.15. The summed E-state index contributed by atoms with van der Waals surface area (Å²) in [5.41, 5.74) is 0.353. The van der Waals surface area contributed by atoms with Gasteiger partial charge in [-0.25, -0.2) is 22.1 Å². The molecule has 0 saturated carbocycles. The molecular weight excluding hydrogens is 472 g/mol. The molecule has 0 aliphatic carbocycles. The highest BCUT2D eigenvalue weighted by molar-refractivity contribution is 7.89. The molecule has 2 aromatic carbocycles. The number of hydrogen-bond donors (Lipinski definition) is 1. The summed E-state index contributed by atoms with van der Waals surface area (Å²) in [6.07, 6.45) is -0.0306. The minimum atomic E-state index is -4.38. The Morgan fingerprint density at radius 2 is 1.59 bits per heavy atom. The van der Waals surface area contributed by atoms with Crippen molar-refractivity contribution in [2.45, 2.75) is 17.4 Å². The van der Waals surface area contributed by atoms with Crippen LogP contribution in [0.4, 0.5) is 14.5 Å². The second-order valence-electron chi connectivity index (χ2n) is 7.98. The van der Waals surface area contributed by atoms with E-state index in [1.165, 1.54) is 14.2 Å². The van der Waals surface area contributed by atoms with Crippen LogP contribution in [0.15, 0.2) is 41.3 Å². The molecule has 9 nitrogen and oxygen atoms in total. The SMILES string of the molecule is COc1ccc(N2C(=O)C[C@@H]([NH+]3CCN(S(=O)(=O)c4c(F)cccc4F)CC3)C2=O)cc1OC. The van der Waals surface area contributed by atoms with Gasteiger partial charge in [-0.15, -0.1) is 0 Å². The lowest BCUT2D eigenvalue weighted by Gasteiger charge is -2.33. The first kappa shape index (κ1) is 24.0. The van der Waals surface area contributed by atoms with E-state index >= 15 is 0 Å².